The zero-order chi connectivity index (χ0) is 16.8. The third-order valence-corrected chi connectivity index (χ3v) is 4.02. The zero-order valence-corrected chi connectivity index (χ0v) is 14.4. The van der Waals surface area contributed by atoms with Gasteiger partial charge in [-0.25, -0.2) is 4.98 Å². The summed E-state index contributed by atoms with van der Waals surface area (Å²) in [5.41, 5.74) is 1.90. The highest BCUT2D eigenvalue weighted by Gasteiger charge is 2.14. The number of carbonyl (C=O) groups excluding carboxylic acids is 1. The Morgan fingerprint density at radius 1 is 1.13 bits per heavy atom. The third kappa shape index (κ3) is 4.39. The summed E-state index contributed by atoms with van der Waals surface area (Å²) in [6.45, 7) is 8.48. The smallest absolute Gasteiger partial charge is 0.259 e. The lowest BCUT2D eigenvalue weighted by molar-refractivity contribution is 0.0992. The first-order valence-electron chi connectivity index (χ1n) is 8.05. The first kappa shape index (κ1) is 17.2. The van der Waals surface area contributed by atoms with E-state index in [0.717, 1.165) is 13.1 Å². The predicted molar refractivity (Wildman–Crippen MR) is 94.6 cm³/mol. The molecule has 4 heteroatoms. The lowest BCUT2D eigenvalue weighted by Gasteiger charge is -2.24. The van der Waals surface area contributed by atoms with Crippen molar-refractivity contribution in [2.24, 2.45) is 0 Å². The molecule has 0 N–H and O–H groups in total. The number of amides is 1. The van der Waals surface area contributed by atoms with E-state index in [4.69, 9.17) is 0 Å². The fraction of sp³-hybridized carbons (Fsp3) is 0.368. The zero-order valence-electron chi connectivity index (χ0n) is 14.4. The molecule has 0 saturated carbocycles. The van der Waals surface area contributed by atoms with Crippen molar-refractivity contribution in [3.8, 4) is 0 Å². The van der Waals surface area contributed by atoms with Crippen molar-refractivity contribution in [2.75, 3.05) is 18.5 Å². The number of nitrogens with zero attached hydrogens (tertiary/aromatic N) is 3. The summed E-state index contributed by atoms with van der Waals surface area (Å²) in [4.78, 5) is 20.7. The van der Waals surface area contributed by atoms with E-state index in [1.165, 1.54) is 5.56 Å². The second-order valence-electron chi connectivity index (χ2n) is 5.91. The number of hydrogen-bond acceptors (Lipinski definition) is 3. The van der Waals surface area contributed by atoms with Gasteiger partial charge in [0, 0.05) is 31.4 Å². The summed E-state index contributed by atoms with van der Waals surface area (Å²) in [5.74, 6) is 0.602. The van der Waals surface area contributed by atoms with E-state index < -0.39 is 0 Å². The largest absolute Gasteiger partial charge is 0.297 e. The number of benzene rings is 1. The fourth-order valence-corrected chi connectivity index (χ4v) is 2.50. The first-order valence-corrected chi connectivity index (χ1v) is 8.05. The summed E-state index contributed by atoms with van der Waals surface area (Å²) >= 11 is 0. The summed E-state index contributed by atoms with van der Waals surface area (Å²) in [6, 6.07) is 13.9. The normalized spacial score (nSPS) is 11.0. The topological polar surface area (TPSA) is 36.4 Å². The van der Waals surface area contributed by atoms with Gasteiger partial charge in [0.25, 0.3) is 5.91 Å². The molecular formula is C19H25N3O. The molecule has 0 saturated heterocycles. The number of pyridine rings is 1. The van der Waals surface area contributed by atoms with E-state index in [1.54, 1.807) is 18.1 Å². The average Bonchev–Trinajstić information content (AvgIpc) is 2.59. The predicted octanol–water partition coefficient (Wildman–Crippen LogP) is 3.59. The van der Waals surface area contributed by atoms with Crippen LogP contribution >= 0.6 is 0 Å². The van der Waals surface area contributed by atoms with Gasteiger partial charge in [0.15, 0.2) is 0 Å². The van der Waals surface area contributed by atoms with Crippen LogP contribution in [-0.4, -0.2) is 35.4 Å². The highest BCUT2D eigenvalue weighted by atomic mass is 16.2. The number of aromatic nitrogens is 1. The second-order valence-corrected chi connectivity index (χ2v) is 5.91. The van der Waals surface area contributed by atoms with Gasteiger partial charge in [-0.15, -0.1) is 0 Å². The molecule has 0 aliphatic rings. The van der Waals surface area contributed by atoms with Crippen LogP contribution in [0, 0.1) is 0 Å². The average molecular weight is 311 g/mol. The number of hydrogen-bond donors (Lipinski definition) is 0. The van der Waals surface area contributed by atoms with Crippen LogP contribution in [0.15, 0.2) is 48.7 Å². The lowest BCUT2D eigenvalue weighted by Crippen LogP contribution is -2.30. The minimum atomic E-state index is -0.0496. The van der Waals surface area contributed by atoms with Crippen molar-refractivity contribution < 1.29 is 4.79 Å². The molecule has 0 fully saturated rings. The molecule has 2 aromatic rings. The molecule has 0 aliphatic carbocycles. The minimum Gasteiger partial charge on any atom is -0.297 e. The fourth-order valence-electron chi connectivity index (χ4n) is 2.50. The van der Waals surface area contributed by atoms with Gasteiger partial charge in [0.2, 0.25) is 0 Å². The van der Waals surface area contributed by atoms with Crippen LogP contribution < -0.4 is 4.90 Å². The van der Waals surface area contributed by atoms with Crippen molar-refractivity contribution in [3.05, 3.63) is 59.8 Å². The Morgan fingerprint density at radius 3 is 2.35 bits per heavy atom. The molecule has 1 aromatic carbocycles. The van der Waals surface area contributed by atoms with Crippen LogP contribution in [0.5, 0.6) is 0 Å². The van der Waals surface area contributed by atoms with Crippen LogP contribution in [0.2, 0.25) is 0 Å². The molecule has 0 unspecified atom stereocenters. The van der Waals surface area contributed by atoms with Crippen LogP contribution in [0.3, 0.4) is 0 Å². The van der Waals surface area contributed by atoms with E-state index in [2.05, 4.69) is 30.7 Å². The van der Waals surface area contributed by atoms with Gasteiger partial charge in [0.1, 0.15) is 5.82 Å². The first-order chi connectivity index (χ1) is 11.0. The maximum Gasteiger partial charge on any atom is 0.259 e. The molecule has 2 rings (SSSR count). The van der Waals surface area contributed by atoms with Gasteiger partial charge in [0.05, 0.1) is 0 Å². The highest BCUT2D eigenvalue weighted by Crippen LogP contribution is 2.14. The molecular weight excluding hydrogens is 286 g/mol. The Hall–Kier alpha value is -2.20. The monoisotopic (exact) mass is 311 g/mol. The standard InChI is InChI=1S/C19H25N3O/c1-5-22(15(2)3)14-16-9-11-17(12-10-16)19(23)21(4)18-8-6-7-13-20-18/h6-13,15H,5,14H2,1-4H3. The number of rotatable bonds is 6. The van der Waals surface area contributed by atoms with Gasteiger partial charge in [-0.05, 0) is 50.2 Å². The van der Waals surface area contributed by atoms with Gasteiger partial charge in [-0.1, -0.05) is 25.1 Å². The number of anilines is 1. The Bertz CT molecular complexity index is 623. The molecule has 1 aromatic heterocycles. The Labute approximate surface area is 138 Å². The molecule has 0 spiro atoms. The van der Waals surface area contributed by atoms with Gasteiger partial charge in [-0.2, -0.15) is 0 Å². The molecule has 0 atom stereocenters. The Balaban J connectivity index is 2.08. The van der Waals surface area contributed by atoms with Crippen LogP contribution in [0.1, 0.15) is 36.7 Å². The Morgan fingerprint density at radius 2 is 1.83 bits per heavy atom. The number of carbonyl (C=O) groups is 1. The molecule has 23 heavy (non-hydrogen) atoms. The highest BCUT2D eigenvalue weighted by molar-refractivity contribution is 6.05. The van der Waals surface area contributed by atoms with E-state index in [-0.39, 0.29) is 5.91 Å². The van der Waals surface area contributed by atoms with E-state index >= 15 is 0 Å². The molecule has 0 aliphatic heterocycles. The SMILES string of the molecule is CCN(Cc1ccc(C(=O)N(C)c2ccccn2)cc1)C(C)C. The van der Waals surface area contributed by atoms with Gasteiger partial charge in [-0.3, -0.25) is 14.6 Å². The maximum absolute atomic E-state index is 12.5. The van der Waals surface area contributed by atoms with Gasteiger partial charge < -0.3 is 0 Å². The van der Waals surface area contributed by atoms with Crippen LogP contribution in [0.25, 0.3) is 0 Å². The molecule has 0 radical (unpaired) electrons. The van der Waals surface area contributed by atoms with E-state index in [0.29, 0.717) is 17.4 Å². The lowest BCUT2D eigenvalue weighted by atomic mass is 10.1. The third-order valence-electron chi connectivity index (χ3n) is 4.02. The van der Waals surface area contributed by atoms with Crippen molar-refractivity contribution >= 4 is 11.7 Å². The van der Waals surface area contributed by atoms with Crippen LogP contribution in [-0.2, 0) is 6.54 Å². The van der Waals surface area contributed by atoms with Crippen LogP contribution in [0.4, 0.5) is 5.82 Å². The summed E-state index contributed by atoms with van der Waals surface area (Å²) < 4.78 is 0. The van der Waals surface area contributed by atoms with Crippen molar-refractivity contribution in [2.45, 2.75) is 33.4 Å². The molecule has 0 bridgehead atoms. The van der Waals surface area contributed by atoms with E-state index in [9.17, 15) is 4.79 Å². The second kappa shape index (κ2) is 7.88. The van der Waals surface area contributed by atoms with Crippen molar-refractivity contribution in [3.63, 3.8) is 0 Å². The van der Waals surface area contributed by atoms with Crippen molar-refractivity contribution in [1.82, 2.24) is 9.88 Å². The summed E-state index contributed by atoms with van der Waals surface area (Å²) in [5, 5.41) is 0. The van der Waals surface area contributed by atoms with E-state index in [1.807, 2.05) is 42.5 Å². The molecule has 122 valence electrons. The quantitative estimate of drug-likeness (QED) is 0.818. The van der Waals surface area contributed by atoms with Gasteiger partial charge >= 0.3 is 0 Å². The minimum absolute atomic E-state index is 0.0496. The molecule has 1 heterocycles. The molecule has 4 nitrogen and oxygen atoms in total. The summed E-state index contributed by atoms with van der Waals surface area (Å²) in [6.07, 6.45) is 1.69. The van der Waals surface area contributed by atoms with Crippen molar-refractivity contribution in [1.29, 1.82) is 0 Å². The Kier molecular flexibility index (Phi) is 5.88. The maximum atomic E-state index is 12.5. The molecule has 1 amide bonds. The summed E-state index contributed by atoms with van der Waals surface area (Å²) in [7, 11) is 1.75.